The number of thiophene rings is 1. The molecule has 0 spiro atoms. The highest BCUT2D eigenvalue weighted by Gasteiger charge is 2.23. The number of amides is 1. The van der Waals surface area contributed by atoms with E-state index in [4.69, 9.17) is 0 Å². The number of benzene rings is 1. The van der Waals surface area contributed by atoms with Crippen molar-refractivity contribution >= 4 is 33.1 Å². The first-order valence-electron chi connectivity index (χ1n) is 9.50. The minimum absolute atomic E-state index is 0.115. The van der Waals surface area contributed by atoms with Crippen LogP contribution < -0.4 is 10.9 Å². The van der Waals surface area contributed by atoms with Crippen molar-refractivity contribution in [1.82, 2.24) is 9.97 Å². The number of fused-ring (bicyclic) bond motifs is 3. The fourth-order valence-corrected chi connectivity index (χ4v) is 5.09. The second-order valence-corrected chi connectivity index (χ2v) is 8.66. The maximum atomic E-state index is 13.8. The third kappa shape index (κ3) is 3.71. The van der Waals surface area contributed by atoms with Gasteiger partial charge in [-0.05, 0) is 55.4 Å². The molecule has 7 heteroatoms. The number of nitrogens with one attached hydrogen (secondary N) is 2. The van der Waals surface area contributed by atoms with Crippen LogP contribution >= 0.6 is 11.3 Å². The first-order chi connectivity index (χ1) is 13.4. The Bertz CT molecular complexity index is 1120. The second-order valence-electron chi connectivity index (χ2n) is 7.58. The number of carbonyl (C=O) groups is 1. The Morgan fingerprint density at radius 3 is 3.07 bits per heavy atom. The van der Waals surface area contributed by atoms with E-state index in [2.05, 4.69) is 22.2 Å². The number of aromatic amines is 1. The highest BCUT2D eigenvalue weighted by molar-refractivity contribution is 7.18. The van der Waals surface area contributed by atoms with Gasteiger partial charge in [0.05, 0.1) is 11.1 Å². The Morgan fingerprint density at radius 1 is 1.43 bits per heavy atom. The minimum Gasteiger partial charge on any atom is -0.324 e. The lowest BCUT2D eigenvalue weighted by atomic mass is 9.89. The number of hydrogen-bond acceptors (Lipinski definition) is 4. The molecule has 2 aromatic heterocycles. The average molecular weight is 399 g/mol. The van der Waals surface area contributed by atoms with Crippen LogP contribution in [0.15, 0.2) is 23.0 Å². The summed E-state index contributed by atoms with van der Waals surface area (Å²) in [5, 5.41) is 3.30. The van der Waals surface area contributed by atoms with E-state index in [1.165, 1.54) is 10.9 Å². The predicted octanol–water partition coefficient (Wildman–Crippen LogP) is 4.13. The van der Waals surface area contributed by atoms with Crippen molar-refractivity contribution in [3.05, 3.63) is 56.2 Å². The van der Waals surface area contributed by atoms with Crippen LogP contribution in [0.25, 0.3) is 10.2 Å². The zero-order chi connectivity index (χ0) is 19.8. The summed E-state index contributed by atoms with van der Waals surface area (Å²) in [6, 6.07) is 4.57. The number of hydrogen-bond donors (Lipinski definition) is 2. The van der Waals surface area contributed by atoms with Gasteiger partial charge >= 0.3 is 0 Å². The van der Waals surface area contributed by atoms with Gasteiger partial charge in [0.1, 0.15) is 16.5 Å². The topological polar surface area (TPSA) is 74.8 Å². The molecule has 1 aliphatic carbocycles. The third-order valence-corrected chi connectivity index (χ3v) is 6.35. The number of anilines is 1. The molecule has 1 aliphatic rings. The molecule has 0 saturated carbocycles. The van der Waals surface area contributed by atoms with Crippen molar-refractivity contribution in [2.45, 2.75) is 46.0 Å². The lowest BCUT2D eigenvalue weighted by Crippen LogP contribution is -2.17. The maximum Gasteiger partial charge on any atom is 0.259 e. The van der Waals surface area contributed by atoms with E-state index in [-0.39, 0.29) is 23.6 Å². The van der Waals surface area contributed by atoms with E-state index in [1.54, 1.807) is 23.5 Å². The summed E-state index contributed by atoms with van der Waals surface area (Å²) < 4.78 is 13.8. The van der Waals surface area contributed by atoms with Gasteiger partial charge in [0.15, 0.2) is 0 Å². The zero-order valence-electron chi connectivity index (χ0n) is 15.9. The van der Waals surface area contributed by atoms with E-state index in [9.17, 15) is 14.0 Å². The Morgan fingerprint density at radius 2 is 2.25 bits per heavy atom. The van der Waals surface area contributed by atoms with Gasteiger partial charge in [-0.15, -0.1) is 11.3 Å². The van der Waals surface area contributed by atoms with Crippen molar-refractivity contribution in [1.29, 1.82) is 0 Å². The molecule has 28 heavy (non-hydrogen) atoms. The Hall–Kier alpha value is -2.54. The largest absolute Gasteiger partial charge is 0.324 e. The van der Waals surface area contributed by atoms with Gasteiger partial charge in [-0.1, -0.05) is 13.0 Å². The van der Waals surface area contributed by atoms with Gasteiger partial charge in [-0.3, -0.25) is 9.59 Å². The molecule has 3 aromatic rings. The minimum atomic E-state index is -0.467. The van der Waals surface area contributed by atoms with E-state index >= 15 is 0 Å². The van der Waals surface area contributed by atoms with Gasteiger partial charge in [-0.2, -0.15) is 0 Å². The first-order valence-corrected chi connectivity index (χ1v) is 10.3. The molecule has 4 rings (SSSR count). The van der Waals surface area contributed by atoms with Gasteiger partial charge < -0.3 is 10.3 Å². The first kappa shape index (κ1) is 18.8. The zero-order valence-corrected chi connectivity index (χ0v) is 16.7. The Balaban J connectivity index is 1.50. The third-order valence-electron chi connectivity index (χ3n) is 5.20. The number of H-pyrrole nitrogens is 1. The summed E-state index contributed by atoms with van der Waals surface area (Å²) in [4.78, 5) is 34.2. The van der Waals surface area contributed by atoms with Gasteiger partial charge in [0, 0.05) is 17.7 Å². The number of nitrogens with zero attached hydrogens (tertiary/aromatic N) is 1. The Kier molecular flexibility index (Phi) is 5.02. The van der Waals surface area contributed by atoms with E-state index in [0.717, 1.165) is 35.2 Å². The van der Waals surface area contributed by atoms with E-state index in [0.29, 0.717) is 23.5 Å². The van der Waals surface area contributed by atoms with Crippen LogP contribution in [0.5, 0.6) is 0 Å². The van der Waals surface area contributed by atoms with E-state index < -0.39 is 5.82 Å². The summed E-state index contributed by atoms with van der Waals surface area (Å²) >= 11 is 1.59. The van der Waals surface area contributed by atoms with Crippen molar-refractivity contribution in [3.63, 3.8) is 0 Å². The number of aryl methyl sites for hydroxylation is 3. The molecule has 146 valence electrons. The lowest BCUT2D eigenvalue weighted by molar-refractivity contribution is -0.116. The molecule has 2 N–H and O–H groups in total. The molecule has 0 bridgehead atoms. The Labute approximate surface area is 166 Å². The molecule has 1 amide bonds. The number of carbonyl (C=O) groups excluding carboxylic acids is 1. The molecule has 0 fully saturated rings. The normalized spacial score (nSPS) is 16.2. The van der Waals surface area contributed by atoms with E-state index in [1.807, 2.05) is 6.92 Å². The fraction of sp³-hybridized carbons (Fsp3) is 0.381. The maximum absolute atomic E-state index is 13.8. The van der Waals surface area contributed by atoms with Gasteiger partial charge in [0.25, 0.3) is 5.56 Å². The second kappa shape index (κ2) is 7.47. The molecule has 1 aromatic carbocycles. The van der Waals surface area contributed by atoms with Crippen molar-refractivity contribution < 1.29 is 9.18 Å². The fourth-order valence-electron chi connectivity index (χ4n) is 3.69. The number of rotatable bonds is 4. The summed E-state index contributed by atoms with van der Waals surface area (Å²) in [6.45, 7) is 4.06. The van der Waals surface area contributed by atoms with Crippen LogP contribution in [-0.2, 0) is 24.1 Å². The summed E-state index contributed by atoms with van der Waals surface area (Å²) in [6.07, 6.45) is 3.42. The van der Waals surface area contributed by atoms with Crippen molar-refractivity contribution in [2.75, 3.05) is 5.32 Å². The molecule has 5 nitrogen and oxygen atoms in total. The average Bonchev–Trinajstić information content (AvgIpc) is 3.00. The summed E-state index contributed by atoms with van der Waals surface area (Å²) in [5.41, 5.74) is 2.05. The summed E-state index contributed by atoms with van der Waals surface area (Å²) in [7, 11) is 0. The van der Waals surface area contributed by atoms with Crippen molar-refractivity contribution in [2.24, 2.45) is 5.92 Å². The molecule has 0 aliphatic heterocycles. The highest BCUT2D eigenvalue weighted by Crippen LogP contribution is 2.35. The van der Waals surface area contributed by atoms with Gasteiger partial charge in [-0.25, -0.2) is 9.37 Å². The molecule has 0 unspecified atom stereocenters. The number of halogens is 1. The molecule has 0 radical (unpaired) electrons. The van der Waals surface area contributed by atoms with Gasteiger partial charge in [0.2, 0.25) is 5.91 Å². The van der Waals surface area contributed by atoms with Crippen molar-refractivity contribution in [3.8, 4) is 0 Å². The van der Waals surface area contributed by atoms with Crippen LogP contribution in [0.3, 0.4) is 0 Å². The summed E-state index contributed by atoms with van der Waals surface area (Å²) in [5.74, 6) is 0.339. The molecule has 0 saturated heterocycles. The van der Waals surface area contributed by atoms with Crippen LogP contribution in [0.2, 0.25) is 0 Å². The molecular formula is C21H22FN3O2S. The monoisotopic (exact) mass is 399 g/mol. The molecule has 2 heterocycles. The molecular weight excluding hydrogens is 377 g/mol. The van der Waals surface area contributed by atoms with Crippen LogP contribution in [0.1, 0.15) is 41.6 Å². The smallest absolute Gasteiger partial charge is 0.259 e. The highest BCUT2D eigenvalue weighted by atomic mass is 32.1. The quantitative estimate of drug-likeness (QED) is 0.693. The number of aromatic nitrogens is 2. The van der Waals surface area contributed by atoms with Crippen LogP contribution in [0, 0.1) is 18.7 Å². The molecule has 1 atom stereocenters. The van der Waals surface area contributed by atoms with Crippen LogP contribution in [-0.4, -0.2) is 15.9 Å². The van der Waals surface area contributed by atoms with Crippen LogP contribution in [0.4, 0.5) is 10.1 Å². The standard InChI is InChI=1S/C21H22FN3O2S/c1-11-4-6-14(22)15(9-11)23-18(26)8-7-17-24-20(27)19-13-5-3-12(2)10-16(13)28-21(19)25-17/h4,6,9,12H,3,5,7-8,10H2,1-2H3,(H,23,26)(H,24,25,27)/t12-/m0/s1. The lowest BCUT2D eigenvalue weighted by Gasteiger charge is -2.17. The predicted molar refractivity (Wildman–Crippen MR) is 110 cm³/mol. The SMILES string of the molecule is Cc1ccc(F)c(NC(=O)CCc2nc3sc4c(c3c(=O)[nH]2)CC[C@H](C)C4)c1.